The van der Waals surface area contributed by atoms with Crippen molar-refractivity contribution in [3.8, 4) is 22.7 Å². The summed E-state index contributed by atoms with van der Waals surface area (Å²) >= 11 is 6.10. The maximum absolute atomic E-state index is 6.10. The van der Waals surface area contributed by atoms with E-state index in [0.717, 1.165) is 22.7 Å². The van der Waals surface area contributed by atoms with Crippen LogP contribution in [0.2, 0.25) is 5.02 Å². The molecular formula is C14H13ClN4O. The van der Waals surface area contributed by atoms with Crippen LogP contribution >= 0.6 is 11.6 Å². The third kappa shape index (κ3) is 2.16. The van der Waals surface area contributed by atoms with Gasteiger partial charge in [-0.3, -0.25) is 4.68 Å². The molecule has 0 fully saturated rings. The molecule has 0 atom stereocenters. The summed E-state index contributed by atoms with van der Waals surface area (Å²) in [4.78, 5) is 0. The van der Waals surface area contributed by atoms with Gasteiger partial charge in [-0.1, -0.05) is 11.6 Å². The van der Waals surface area contributed by atoms with E-state index in [1.165, 1.54) is 0 Å². The number of nitrogens with zero attached hydrogens (tertiary/aromatic N) is 4. The van der Waals surface area contributed by atoms with E-state index in [1.807, 2.05) is 37.6 Å². The molecule has 0 radical (unpaired) electrons. The molecule has 0 aliphatic rings. The van der Waals surface area contributed by atoms with Gasteiger partial charge in [0.05, 0.1) is 13.3 Å². The van der Waals surface area contributed by atoms with E-state index in [9.17, 15) is 0 Å². The van der Waals surface area contributed by atoms with Crippen LogP contribution in [-0.2, 0) is 7.05 Å². The summed E-state index contributed by atoms with van der Waals surface area (Å²) in [6, 6.07) is 7.33. The summed E-state index contributed by atoms with van der Waals surface area (Å²) in [5, 5.41) is 9.39. The van der Waals surface area contributed by atoms with Crippen molar-refractivity contribution in [1.29, 1.82) is 0 Å². The number of ether oxygens (including phenoxy) is 1. The predicted octanol–water partition coefficient (Wildman–Crippen LogP) is 2.93. The fraction of sp³-hybridized carbons (Fsp3) is 0.143. The fourth-order valence-electron chi connectivity index (χ4n) is 2.11. The first-order chi connectivity index (χ1) is 9.69. The van der Waals surface area contributed by atoms with Gasteiger partial charge in [-0.2, -0.15) is 10.2 Å². The highest BCUT2D eigenvalue weighted by Crippen LogP contribution is 2.34. The van der Waals surface area contributed by atoms with Crippen molar-refractivity contribution in [2.75, 3.05) is 7.11 Å². The molecule has 0 amide bonds. The van der Waals surface area contributed by atoms with Crippen molar-refractivity contribution in [2.24, 2.45) is 7.05 Å². The van der Waals surface area contributed by atoms with Crippen molar-refractivity contribution in [2.45, 2.75) is 0 Å². The highest BCUT2D eigenvalue weighted by molar-refractivity contribution is 6.31. The Hall–Kier alpha value is -2.27. The van der Waals surface area contributed by atoms with Gasteiger partial charge in [0.15, 0.2) is 0 Å². The quantitative estimate of drug-likeness (QED) is 0.744. The molecular weight excluding hydrogens is 276 g/mol. The van der Waals surface area contributed by atoms with E-state index in [1.54, 1.807) is 28.7 Å². The fourth-order valence-corrected chi connectivity index (χ4v) is 2.28. The van der Waals surface area contributed by atoms with Crippen LogP contribution in [-0.4, -0.2) is 26.7 Å². The Morgan fingerprint density at radius 1 is 1.30 bits per heavy atom. The Morgan fingerprint density at radius 3 is 2.85 bits per heavy atom. The Bertz CT molecular complexity index is 734. The summed E-state index contributed by atoms with van der Waals surface area (Å²) in [7, 11) is 3.50. The molecule has 3 aromatic rings. The van der Waals surface area contributed by atoms with Crippen LogP contribution in [0.1, 0.15) is 0 Å². The first kappa shape index (κ1) is 12.7. The average molecular weight is 289 g/mol. The molecule has 0 unspecified atom stereocenters. The monoisotopic (exact) mass is 288 g/mol. The number of methoxy groups -OCH3 is 1. The van der Waals surface area contributed by atoms with Gasteiger partial charge in [-0.15, -0.1) is 0 Å². The summed E-state index contributed by atoms with van der Waals surface area (Å²) < 4.78 is 8.91. The van der Waals surface area contributed by atoms with Gasteiger partial charge >= 0.3 is 0 Å². The standard InChI is InChI=1S/C14H13ClN4O/c1-18-9-12(19-7-3-6-16-19)14(17-18)11-8-10(15)4-5-13(11)20-2/h3-9H,1-2H3. The van der Waals surface area contributed by atoms with E-state index in [4.69, 9.17) is 16.3 Å². The molecule has 0 aliphatic heterocycles. The smallest absolute Gasteiger partial charge is 0.128 e. The Balaban J connectivity index is 2.23. The molecule has 20 heavy (non-hydrogen) atoms. The number of benzene rings is 1. The SMILES string of the molecule is COc1ccc(Cl)cc1-c1nn(C)cc1-n1cccn1. The van der Waals surface area contributed by atoms with Crippen LogP contribution in [0.25, 0.3) is 16.9 Å². The van der Waals surface area contributed by atoms with E-state index in [2.05, 4.69) is 10.2 Å². The van der Waals surface area contributed by atoms with Crippen molar-refractivity contribution >= 4 is 11.6 Å². The van der Waals surface area contributed by atoms with Crippen molar-refractivity contribution in [1.82, 2.24) is 19.6 Å². The molecule has 0 bridgehead atoms. The van der Waals surface area contributed by atoms with Crippen molar-refractivity contribution < 1.29 is 4.74 Å². The van der Waals surface area contributed by atoms with Gasteiger partial charge in [0.2, 0.25) is 0 Å². The first-order valence-electron chi connectivity index (χ1n) is 6.06. The Morgan fingerprint density at radius 2 is 2.15 bits per heavy atom. The molecule has 0 spiro atoms. The lowest BCUT2D eigenvalue weighted by atomic mass is 10.1. The normalized spacial score (nSPS) is 10.8. The highest BCUT2D eigenvalue weighted by Gasteiger charge is 2.16. The molecule has 0 saturated heterocycles. The molecule has 3 rings (SSSR count). The molecule has 0 N–H and O–H groups in total. The lowest BCUT2D eigenvalue weighted by Gasteiger charge is -2.08. The van der Waals surface area contributed by atoms with Gasteiger partial charge in [-0.05, 0) is 24.3 Å². The highest BCUT2D eigenvalue weighted by atomic mass is 35.5. The van der Waals surface area contributed by atoms with E-state index < -0.39 is 0 Å². The van der Waals surface area contributed by atoms with E-state index in [-0.39, 0.29) is 0 Å². The minimum Gasteiger partial charge on any atom is -0.496 e. The van der Waals surface area contributed by atoms with Crippen LogP contribution in [0, 0.1) is 0 Å². The maximum atomic E-state index is 6.10. The third-order valence-electron chi connectivity index (χ3n) is 2.98. The van der Waals surface area contributed by atoms with E-state index in [0.29, 0.717) is 5.02 Å². The van der Waals surface area contributed by atoms with Crippen LogP contribution in [0.5, 0.6) is 5.75 Å². The van der Waals surface area contributed by atoms with Gasteiger partial charge in [0, 0.05) is 30.0 Å². The number of rotatable bonds is 3. The number of aromatic nitrogens is 4. The molecule has 102 valence electrons. The van der Waals surface area contributed by atoms with Crippen LogP contribution in [0.15, 0.2) is 42.9 Å². The second-order valence-electron chi connectivity index (χ2n) is 4.33. The summed E-state index contributed by atoms with van der Waals surface area (Å²) in [5.41, 5.74) is 2.49. The van der Waals surface area contributed by atoms with E-state index >= 15 is 0 Å². The minimum atomic E-state index is 0.637. The zero-order valence-corrected chi connectivity index (χ0v) is 11.9. The van der Waals surface area contributed by atoms with Crippen molar-refractivity contribution in [3.63, 3.8) is 0 Å². The van der Waals surface area contributed by atoms with Crippen LogP contribution in [0.4, 0.5) is 0 Å². The maximum Gasteiger partial charge on any atom is 0.128 e. The number of hydrogen-bond donors (Lipinski definition) is 0. The second kappa shape index (κ2) is 5.02. The van der Waals surface area contributed by atoms with Gasteiger partial charge in [-0.25, -0.2) is 4.68 Å². The summed E-state index contributed by atoms with van der Waals surface area (Å²) in [6.07, 6.45) is 5.51. The largest absolute Gasteiger partial charge is 0.496 e. The molecule has 0 saturated carbocycles. The third-order valence-corrected chi connectivity index (χ3v) is 3.21. The van der Waals surface area contributed by atoms with Crippen molar-refractivity contribution in [3.05, 3.63) is 47.9 Å². The molecule has 2 heterocycles. The second-order valence-corrected chi connectivity index (χ2v) is 4.77. The Kier molecular flexibility index (Phi) is 3.20. The van der Waals surface area contributed by atoms with Gasteiger partial charge in [0.25, 0.3) is 0 Å². The van der Waals surface area contributed by atoms with Gasteiger partial charge in [0.1, 0.15) is 17.1 Å². The minimum absolute atomic E-state index is 0.637. The molecule has 0 aliphatic carbocycles. The lowest BCUT2D eigenvalue weighted by Crippen LogP contribution is -1.96. The van der Waals surface area contributed by atoms with Crippen LogP contribution < -0.4 is 4.74 Å². The Labute approximate surface area is 121 Å². The average Bonchev–Trinajstić information content (AvgIpc) is 3.07. The molecule has 5 nitrogen and oxygen atoms in total. The molecule has 6 heteroatoms. The first-order valence-corrected chi connectivity index (χ1v) is 6.44. The summed E-state index contributed by atoms with van der Waals surface area (Å²) in [6.45, 7) is 0. The lowest BCUT2D eigenvalue weighted by molar-refractivity contribution is 0.416. The van der Waals surface area contributed by atoms with Gasteiger partial charge < -0.3 is 4.74 Å². The molecule has 2 aromatic heterocycles. The zero-order valence-electron chi connectivity index (χ0n) is 11.1. The summed E-state index contributed by atoms with van der Waals surface area (Å²) in [5.74, 6) is 0.724. The molecule has 1 aromatic carbocycles. The topological polar surface area (TPSA) is 44.9 Å². The number of aryl methyl sites for hydroxylation is 1. The predicted molar refractivity (Wildman–Crippen MR) is 77.3 cm³/mol. The number of halogens is 1. The zero-order chi connectivity index (χ0) is 14.1. The van der Waals surface area contributed by atoms with Crippen LogP contribution in [0.3, 0.4) is 0 Å². The number of hydrogen-bond acceptors (Lipinski definition) is 3.